The van der Waals surface area contributed by atoms with Crippen molar-refractivity contribution in [3.05, 3.63) is 94.0 Å². The third-order valence-electron chi connectivity index (χ3n) is 5.85. The van der Waals surface area contributed by atoms with Crippen molar-refractivity contribution < 1.29 is 9.32 Å². The number of hydrogen-bond donors (Lipinski definition) is 1. The largest absolute Gasteiger partial charge is 0.356 e. The molecule has 0 saturated carbocycles. The average Bonchev–Trinajstić information content (AvgIpc) is 3.47. The van der Waals surface area contributed by atoms with Crippen molar-refractivity contribution in [3.63, 3.8) is 0 Å². The minimum atomic E-state index is -0.0823. The monoisotopic (exact) mass is 467 g/mol. The van der Waals surface area contributed by atoms with Crippen LogP contribution in [0.4, 0.5) is 0 Å². The van der Waals surface area contributed by atoms with Crippen LogP contribution >= 0.6 is 11.3 Å². The summed E-state index contributed by atoms with van der Waals surface area (Å²) >= 11 is 1.63. The van der Waals surface area contributed by atoms with Crippen LogP contribution in [-0.2, 0) is 17.8 Å². The Morgan fingerprint density at radius 1 is 0.941 bits per heavy atom. The summed E-state index contributed by atoms with van der Waals surface area (Å²) in [6, 6.07) is 20.6. The van der Waals surface area contributed by atoms with Crippen LogP contribution in [0.15, 0.2) is 70.6 Å². The first-order valence-corrected chi connectivity index (χ1v) is 12.1. The van der Waals surface area contributed by atoms with Crippen molar-refractivity contribution in [2.75, 3.05) is 0 Å². The Bertz CT molecular complexity index is 1460. The third-order valence-corrected chi connectivity index (χ3v) is 6.74. The molecule has 0 unspecified atom stereocenters. The van der Waals surface area contributed by atoms with Crippen LogP contribution in [0.2, 0.25) is 0 Å². The van der Waals surface area contributed by atoms with E-state index in [1.807, 2.05) is 32.0 Å². The molecule has 5 rings (SSSR count). The fourth-order valence-corrected chi connectivity index (χ4v) is 4.85. The Morgan fingerprint density at radius 3 is 2.44 bits per heavy atom. The van der Waals surface area contributed by atoms with Crippen LogP contribution in [0.3, 0.4) is 0 Å². The van der Waals surface area contributed by atoms with Gasteiger partial charge < -0.3 is 9.84 Å². The van der Waals surface area contributed by atoms with Crippen LogP contribution in [0.1, 0.15) is 27.9 Å². The minimum absolute atomic E-state index is 0.0823. The van der Waals surface area contributed by atoms with Crippen molar-refractivity contribution in [2.45, 2.75) is 33.7 Å². The highest BCUT2D eigenvalue weighted by Gasteiger charge is 2.14. The van der Waals surface area contributed by atoms with E-state index in [0.717, 1.165) is 49.5 Å². The predicted octanol–water partition coefficient (Wildman–Crippen LogP) is 6.40. The van der Waals surface area contributed by atoms with E-state index in [2.05, 4.69) is 65.2 Å². The van der Waals surface area contributed by atoms with Gasteiger partial charge in [0.2, 0.25) is 5.91 Å². The van der Waals surface area contributed by atoms with Crippen molar-refractivity contribution in [1.29, 1.82) is 0 Å². The maximum atomic E-state index is 12.5. The first-order chi connectivity index (χ1) is 16.5. The molecule has 2 aromatic heterocycles. The quantitative estimate of drug-likeness (QED) is 0.314. The maximum absolute atomic E-state index is 12.5. The lowest BCUT2D eigenvalue weighted by Gasteiger charge is -2.05. The number of aryl methyl sites for hydroxylation is 3. The van der Waals surface area contributed by atoms with Crippen molar-refractivity contribution in [2.24, 2.45) is 0 Å². The topological polar surface area (TPSA) is 68.0 Å². The molecule has 0 saturated heterocycles. The van der Waals surface area contributed by atoms with Crippen LogP contribution in [0.25, 0.3) is 32.8 Å². The summed E-state index contributed by atoms with van der Waals surface area (Å²) < 4.78 is 5.45. The number of amides is 1. The smallest absolute Gasteiger partial charge is 0.226 e. The van der Waals surface area contributed by atoms with E-state index in [9.17, 15) is 4.79 Å². The lowest BCUT2D eigenvalue weighted by atomic mass is 10.1. The van der Waals surface area contributed by atoms with Gasteiger partial charge in [-0.2, -0.15) is 0 Å². The lowest BCUT2D eigenvalue weighted by Crippen LogP contribution is -2.24. The highest BCUT2D eigenvalue weighted by atomic mass is 32.1. The molecular formula is C28H25N3O2S. The molecule has 0 aliphatic heterocycles. The Kier molecular flexibility index (Phi) is 5.99. The van der Waals surface area contributed by atoms with E-state index in [1.165, 1.54) is 5.56 Å². The number of carbonyl (C=O) groups excluding carboxylic acids is 1. The van der Waals surface area contributed by atoms with Crippen LogP contribution < -0.4 is 5.32 Å². The summed E-state index contributed by atoms with van der Waals surface area (Å²) in [6.07, 6.45) is 0.189. The molecule has 2 heterocycles. The molecule has 170 valence electrons. The van der Waals surface area contributed by atoms with E-state index in [-0.39, 0.29) is 12.3 Å². The van der Waals surface area contributed by atoms with Gasteiger partial charge in [0.1, 0.15) is 10.7 Å². The first kappa shape index (κ1) is 22.0. The van der Waals surface area contributed by atoms with Gasteiger partial charge in [-0.05, 0) is 43.5 Å². The second-order valence-corrected chi connectivity index (χ2v) is 9.50. The van der Waals surface area contributed by atoms with E-state index in [1.54, 1.807) is 11.3 Å². The lowest BCUT2D eigenvalue weighted by molar-refractivity contribution is -0.120. The van der Waals surface area contributed by atoms with Gasteiger partial charge in [-0.3, -0.25) is 4.79 Å². The number of nitrogens with one attached hydrogen (secondary N) is 1. The molecule has 0 aliphatic rings. The summed E-state index contributed by atoms with van der Waals surface area (Å²) in [5, 5.41) is 11.1. The molecule has 0 fully saturated rings. The summed E-state index contributed by atoms with van der Waals surface area (Å²) in [5.41, 5.74) is 9.02. The zero-order chi connectivity index (χ0) is 23.7. The van der Waals surface area contributed by atoms with Gasteiger partial charge in [-0.15, -0.1) is 11.3 Å². The predicted molar refractivity (Wildman–Crippen MR) is 137 cm³/mol. The van der Waals surface area contributed by atoms with E-state index < -0.39 is 0 Å². The number of rotatable bonds is 6. The van der Waals surface area contributed by atoms with Gasteiger partial charge in [0.15, 0.2) is 5.58 Å². The number of carbonyl (C=O) groups is 1. The zero-order valence-corrected chi connectivity index (χ0v) is 20.2. The molecule has 1 amide bonds. The summed E-state index contributed by atoms with van der Waals surface area (Å²) in [4.78, 5) is 17.3. The molecule has 0 bridgehead atoms. The molecule has 5 aromatic rings. The van der Waals surface area contributed by atoms with Gasteiger partial charge >= 0.3 is 0 Å². The Balaban J connectivity index is 1.21. The highest BCUT2D eigenvalue weighted by molar-refractivity contribution is 7.13. The fraction of sp³-hybridized carbons (Fsp3) is 0.179. The first-order valence-electron chi connectivity index (χ1n) is 11.2. The van der Waals surface area contributed by atoms with E-state index in [0.29, 0.717) is 12.2 Å². The molecule has 3 aromatic carbocycles. The summed E-state index contributed by atoms with van der Waals surface area (Å²) in [6.45, 7) is 6.56. The SMILES string of the molecule is Cc1ccc(-c2csc(-c3ccc(CNC(=O)Cc4noc5c(C)cc(C)cc45)cc3)n2)cc1. The summed E-state index contributed by atoms with van der Waals surface area (Å²) in [5.74, 6) is -0.0823. The molecule has 0 aliphatic carbocycles. The molecular weight excluding hydrogens is 442 g/mol. The Hall–Kier alpha value is -3.77. The second-order valence-electron chi connectivity index (χ2n) is 8.64. The van der Waals surface area contributed by atoms with Gasteiger partial charge in [-0.1, -0.05) is 65.3 Å². The zero-order valence-electron chi connectivity index (χ0n) is 19.4. The normalized spacial score (nSPS) is 11.1. The number of nitrogens with zero attached hydrogens (tertiary/aromatic N) is 2. The van der Waals surface area contributed by atoms with Gasteiger partial charge in [0, 0.05) is 28.4 Å². The number of thiazole rings is 1. The number of aromatic nitrogens is 2. The van der Waals surface area contributed by atoms with Gasteiger partial charge in [-0.25, -0.2) is 4.98 Å². The van der Waals surface area contributed by atoms with E-state index >= 15 is 0 Å². The van der Waals surface area contributed by atoms with Crippen LogP contribution in [0, 0.1) is 20.8 Å². The van der Waals surface area contributed by atoms with Crippen molar-refractivity contribution >= 4 is 28.2 Å². The van der Waals surface area contributed by atoms with Crippen molar-refractivity contribution in [3.8, 4) is 21.8 Å². The molecule has 0 atom stereocenters. The number of fused-ring (bicyclic) bond motifs is 1. The fourth-order valence-electron chi connectivity index (χ4n) is 4.01. The maximum Gasteiger partial charge on any atom is 0.226 e. The molecule has 5 nitrogen and oxygen atoms in total. The standard InChI is InChI=1S/C28H25N3O2S/c1-17-4-8-21(9-5-17)25-16-34-28(30-25)22-10-6-20(7-11-22)15-29-26(32)14-24-23-13-18(2)12-19(3)27(23)33-31-24/h4-13,16H,14-15H2,1-3H3,(H,29,32). The third kappa shape index (κ3) is 4.63. The number of benzene rings is 3. The Morgan fingerprint density at radius 2 is 1.68 bits per heavy atom. The molecule has 0 radical (unpaired) electrons. The minimum Gasteiger partial charge on any atom is -0.356 e. The Labute approximate surface area is 202 Å². The second kappa shape index (κ2) is 9.23. The molecule has 34 heavy (non-hydrogen) atoms. The number of hydrogen-bond acceptors (Lipinski definition) is 5. The summed E-state index contributed by atoms with van der Waals surface area (Å²) in [7, 11) is 0. The molecule has 6 heteroatoms. The van der Waals surface area contributed by atoms with Gasteiger partial charge in [0.05, 0.1) is 12.1 Å². The molecule has 0 spiro atoms. The highest BCUT2D eigenvalue weighted by Crippen LogP contribution is 2.29. The van der Waals surface area contributed by atoms with Crippen molar-refractivity contribution in [1.82, 2.24) is 15.5 Å². The average molecular weight is 468 g/mol. The van der Waals surface area contributed by atoms with E-state index in [4.69, 9.17) is 9.51 Å². The van der Waals surface area contributed by atoms with Crippen LogP contribution in [-0.4, -0.2) is 16.0 Å². The van der Waals surface area contributed by atoms with Gasteiger partial charge in [0.25, 0.3) is 0 Å². The molecule has 1 N–H and O–H groups in total. The van der Waals surface area contributed by atoms with Crippen LogP contribution in [0.5, 0.6) is 0 Å².